The summed E-state index contributed by atoms with van der Waals surface area (Å²) in [5.74, 6) is -16.7. The summed E-state index contributed by atoms with van der Waals surface area (Å²) >= 11 is -4.37. The van der Waals surface area contributed by atoms with Crippen molar-refractivity contribution in [1.29, 1.82) is 0 Å². The van der Waals surface area contributed by atoms with E-state index in [4.69, 9.17) is 0 Å². The highest BCUT2D eigenvalue weighted by Gasteiger charge is 2.86. The van der Waals surface area contributed by atoms with Gasteiger partial charge in [-0.25, -0.2) is 8.78 Å². The Bertz CT molecular complexity index is 1010. The SMILES string of the molecule is O=S(=O)(O[I+](c1ccc(F)cc1)c1ccc(F)cc1)C(F)(F)C(F)(F)C(F)(F)C(F)(F)F. The van der Waals surface area contributed by atoms with Gasteiger partial charge in [0.15, 0.2) is 7.14 Å². The number of rotatable bonds is 7. The minimum absolute atomic E-state index is 0.368. The van der Waals surface area contributed by atoms with E-state index in [0.717, 1.165) is 24.3 Å². The maximum absolute atomic E-state index is 14.0. The molecule has 0 saturated heterocycles. The molecule has 0 aliphatic rings. The standard InChI is InChI=1S/C16H8F11IO3S/c17-9-1-5-11(6-2-9)28(12-7-3-10(18)4-8-12)31-32(29,30)16(26,27)14(21,22)13(19,20)15(23,24)25/h1-8H/q+1. The molecule has 0 amide bonds. The van der Waals surface area contributed by atoms with Gasteiger partial charge < -0.3 is 0 Å². The van der Waals surface area contributed by atoms with E-state index in [1.54, 1.807) is 0 Å². The second kappa shape index (κ2) is 8.58. The van der Waals surface area contributed by atoms with Crippen LogP contribution in [0.25, 0.3) is 0 Å². The van der Waals surface area contributed by atoms with E-state index in [0.29, 0.717) is 24.3 Å². The first-order valence-corrected chi connectivity index (χ1v) is 12.2. The topological polar surface area (TPSA) is 43.4 Å². The predicted octanol–water partition coefficient (Wildman–Crippen LogP) is 2.32. The molecule has 16 heteroatoms. The van der Waals surface area contributed by atoms with Crippen LogP contribution >= 0.6 is 0 Å². The van der Waals surface area contributed by atoms with E-state index in [9.17, 15) is 56.7 Å². The average Bonchev–Trinajstić information content (AvgIpc) is 2.66. The van der Waals surface area contributed by atoms with Crippen molar-refractivity contribution in [3.63, 3.8) is 0 Å². The van der Waals surface area contributed by atoms with Gasteiger partial charge in [-0.2, -0.15) is 47.9 Å². The first-order chi connectivity index (χ1) is 14.3. The molecular weight excluding hydrogens is 608 g/mol. The molecular formula is C16H8F11IO3S+. The zero-order valence-electron chi connectivity index (χ0n) is 14.8. The van der Waals surface area contributed by atoms with Gasteiger partial charge in [0.1, 0.15) is 11.6 Å². The molecule has 0 heterocycles. The molecule has 0 unspecified atom stereocenters. The molecule has 0 aliphatic heterocycles. The molecule has 0 fully saturated rings. The molecule has 0 bridgehead atoms. The summed E-state index contributed by atoms with van der Waals surface area (Å²) in [4.78, 5) is 0. The Labute approximate surface area is 180 Å². The first-order valence-electron chi connectivity index (χ1n) is 7.71. The summed E-state index contributed by atoms with van der Waals surface area (Å²) in [5.41, 5.74) is 0. The first kappa shape index (κ1) is 26.6. The Morgan fingerprint density at radius 2 is 0.969 bits per heavy atom. The fourth-order valence-electron chi connectivity index (χ4n) is 1.93. The smallest absolute Gasteiger partial charge is 0.207 e. The van der Waals surface area contributed by atoms with Crippen molar-refractivity contribution in [3.05, 3.63) is 67.3 Å². The molecule has 0 aromatic heterocycles. The lowest BCUT2D eigenvalue weighted by atomic mass is 10.1. The molecule has 2 aromatic carbocycles. The highest BCUT2D eigenvalue weighted by atomic mass is 127. The largest absolute Gasteiger partial charge is 0.460 e. The summed E-state index contributed by atoms with van der Waals surface area (Å²) in [6.45, 7) is 0. The van der Waals surface area contributed by atoms with Gasteiger partial charge in [-0.15, -0.1) is 0 Å². The normalized spacial score (nSPS) is 14.1. The van der Waals surface area contributed by atoms with Gasteiger partial charge in [0.05, 0.1) is 0 Å². The molecule has 0 N–H and O–H groups in total. The predicted molar refractivity (Wildman–Crippen MR) is 81.1 cm³/mol. The molecule has 32 heavy (non-hydrogen) atoms. The maximum Gasteiger partial charge on any atom is 0.460 e. The minimum Gasteiger partial charge on any atom is -0.207 e. The van der Waals surface area contributed by atoms with Gasteiger partial charge in [-0.3, -0.25) is 0 Å². The summed E-state index contributed by atoms with van der Waals surface area (Å²) < 4.78 is 171. The van der Waals surface area contributed by atoms with Crippen molar-refractivity contribution in [2.75, 3.05) is 0 Å². The zero-order valence-corrected chi connectivity index (χ0v) is 17.8. The summed E-state index contributed by atoms with van der Waals surface area (Å²) in [6.07, 6.45) is -7.23. The molecule has 179 valence electrons. The quantitative estimate of drug-likeness (QED) is 0.355. The third-order valence-corrected chi connectivity index (χ3v) is 11.0. The zero-order chi connectivity index (χ0) is 24.8. The van der Waals surface area contributed by atoms with Gasteiger partial charge in [0.25, 0.3) is 0 Å². The third-order valence-electron chi connectivity index (χ3n) is 3.58. The lowest BCUT2D eigenvalue weighted by Gasteiger charge is -2.31. The fraction of sp³-hybridized carbons (Fsp3) is 0.250. The highest BCUT2D eigenvalue weighted by molar-refractivity contribution is 7.87. The van der Waals surface area contributed by atoms with Crippen LogP contribution in [-0.4, -0.2) is 31.7 Å². The number of hydrogen-bond donors (Lipinski definition) is 0. The average molecular weight is 616 g/mol. The Balaban J connectivity index is 2.58. The van der Waals surface area contributed by atoms with E-state index >= 15 is 0 Å². The monoisotopic (exact) mass is 616 g/mol. The van der Waals surface area contributed by atoms with Crippen molar-refractivity contribution in [1.82, 2.24) is 0 Å². The third kappa shape index (κ3) is 4.66. The summed E-state index contributed by atoms with van der Waals surface area (Å²) in [7, 11) is -7.16. The molecule has 2 rings (SSSR count). The molecule has 1 radical (unpaired) electrons. The number of benzene rings is 2. The number of hydrogen-bond acceptors (Lipinski definition) is 3. The number of alkyl halides is 9. The molecule has 0 saturated carbocycles. The van der Waals surface area contributed by atoms with Gasteiger partial charge in [0, 0.05) is 0 Å². The Hall–Kier alpha value is -1.69. The van der Waals surface area contributed by atoms with Crippen LogP contribution in [0.3, 0.4) is 0 Å². The highest BCUT2D eigenvalue weighted by Crippen LogP contribution is 2.54. The molecule has 3 nitrogen and oxygen atoms in total. The van der Waals surface area contributed by atoms with E-state index in [2.05, 4.69) is 2.51 Å². The van der Waals surface area contributed by atoms with Crippen LogP contribution in [0, 0.1) is 18.8 Å². The lowest BCUT2D eigenvalue weighted by molar-refractivity contribution is -1.03. The van der Waals surface area contributed by atoms with Crippen LogP contribution in [0.5, 0.6) is 0 Å². The van der Waals surface area contributed by atoms with Crippen LogP contribution in [0.15, 0.2) is 48.5 Å². The van der Waals surface area contributed by atoms with Crippen molar-refractivity contribution >= 4 is 10.1 Å². The second-order valence-electron chi connectivity index (χ2n) is 5.80. The van der Waals surface area contributed by atoms with Crippen molar-refractivity contribution in [2.24, 2.45) is 0 Å². The van der Waals surface area contributed by atoms with Crippen LogP contribution in [0.1, 0.15) is 0 Å². The minimum atomic E-state index is -7.47. The molecule has 2 aromatic rings. The Kier molecular flexibility index (Phi) is 7.13. The van der Waals surface area contributed by atoms with Crippen LogP contribution in [-0.2, 0) is 12.6 Å². The lowest BCUT2D eigenvalue weighted by Crippen LogP contribution is -3.85. The molecule has 0 spiro atoms. The van der Waals surface area contributed by atoms with Crippen LogP contribution < -0.4 is 20.2 Å². The second-order valence-corrected chi connectivity index (χ2v) is 12.3. The van der Waals surface area contributed by atoms with Gasteiger partial charge in [0.2, 0.25) is 0 Å². The molecule has 0 aliphatic carbocycles. The van der Waals surface area contributed by atoms with Gasteiger partial charge in [-0.05, 0) is 51.0 Å². The van der Waals surface area contributed by atoms with E-state index in [1.165, 1.54) is 0 Å². The van der Waals surface area contributed by atoms with Crippen molar-refractivity contribution in [2.45, 2.75) is 23.3 Å². The van der Waals surface area contributed by atoms with Crippen LogP contribution in [0.2, 0.25) is 0 Å². The van der Waals surface area contributed by atoms with E-state index in [-0.39, 0.29) is 7.14 Å². The van der Waals surface area contributed by atoms with Gasteiger partial charge >= 0.3 is 53.6 Å². The number of halogens is 12. The van der Waals surface area contributed by atoms with Gasteiger partial charge in [-0.1, -0.05) is 0 Å². The Morgan fingerprint density at radius 1 is 0.625 bits per heavy atom. The van der Waals surface area contributed by atoms with Crippen LogP contribution in [0.4, 0.5) is 48.3 Å². The fourth-order valence-corrected chi connectivity index (χ4v) is 8.85. The molecule has 0 atom stereocenters. The summed E-state index contributed by atoms with van der Waals surface area (Å²) in [5, 5.41) is -7.05. The van der Waals surface area contributed by atoms with E-state index in [1.807, 2.05) is 0 Å². The van der Waals surface area contributed by atoms with Crippen molar-refractivity contribution in [3.8, 4) is 0 Å². The summed E-state index contributed by atoms with van der Waals surface area (Å²) in [6, 6.07) is 5.90. The maximum atomic E-state index is 14.0. The van der Waals surface area contributed by atoms with Crippen molar-refractivity contribution < 1.29 is 79.5 Å². The van der Waals surface area contributed by atoms with E-state index < -0.39 is 65.3 Å². The Morgan fingerprint density at radius 3 is 1.28 bits per heavy atom.